The number of carbonyl (C=O) groups excluding carboxylic acids is 1. The molecular formula is C16H26F3N3O2. The van der Waals surface area contributed by atoms with Gasteiger partial charge in [0, 0.05) is 38.8 Å². The number of carbonyl (C=O) groups is 1. The second kappa shape index (κ2) is 8.20. The number of nitrogens with zero attached hydrogens (tertiary/aromatic N) is 2. The lowest BCUT2D eigenvalue weighted by Gasteiger charge is -2.37. The lowest BCUT2D eigenvalue weighted by molar-refractivity contribution is -0.222. The summed E-state index contributed by atoms with van der Waals surface area (Å²) in [6.45, 7) is 6.85. The highest BCUT2D eigenvalue weighted by Crippen LogP contribution is 2.31. The van der Waals surface area contributed by atoms with E-state index in [1.807, 2.05) is 6.08 Å². The molecule has 0 radical (unpaired) electrons. The summed E-state index contributed by atoms with van der Waals surface area (Å²) in [6, 6.07) is -0.103. The predicted octanol–water partition coefficient (Wildman–Crippen LogP) is 1.98. The Morgan fingerprint density at radius 2 is 1.79 bits per heavy atom. The van der Waals surface area contributed by atoms with Crippen molar-refractivity contribution in [1.82, 2.24) is 15.1 Å². The second-order valence-corrected chi connectivity index (χ2v) is 6.62. The minimum atomic E-state index is -4.59. The Labute approximate surface area is 140 Å². The number of likely N-dealkylation sites (tertiary alicyclic amines) is 2. The molecule has 2 rings (SSSR count). The average Bonchev–Trinajstić information content (AvgIpc) is 2.55. The van der Waals surface area contributed by atoms with Gasteiger partial charge in [0.2, 0.25) is 0 Å². The number of hydrogen-bond acceptors (Lipinski definition) is 3. The zero-order valence-electron chi connectivity index (χ0n) is 13.8. The summed E-state index contributed by atoms with van der Waals surface area (Å²) in [4.78, 5) is 16.1. The third kappa shape index (κ3) is 5.11. The fourth-order valence-corrected chi connectivity index (χ4v) is 3.39. The first-order valence-electron chi connectivity index (χ1n) is 8.44. The fourth-order valence-electron chi connectivity index (χ4n) is 3.39. The largest absolute Gasteiger partial charge is 0.414 e. The maximum atomic E-state index is 12.5. The molecule has 1 unspecified atom stereocenters. The molecule has 0 aromatic carbocycles. The first-order valence-corrected chi connectivity index (χ1v) is 8.44. The highest BCUT2D eigenvalue weighted by molar-refractivity contribution is 5.74. The maximum absolute atomic E-state index is 12.5. The molecule has 0 spiro atoms. The van der Waals surface area contributed by atoms with E-state index in [2.05, 4.69) is 16.8 Å². The molecule has 24 heavy (non-hydrogen) atoms. The van der Waals surface area contributed by atoms with Crippen molar-refractivity contribution in [3.63, 3.8) is 0 Å². The Hall–Kier alpha value is -1.28. The van der Waals surface area contributed by atoms with E-state index in [0.29, 0.717) is 0 Å². The Morgan fingerprint density at radius 1 is 1.21 bits per heavy atom. The van der Waals surface area contributed by atoms with Gasteiger partial charge in [-0.15, -0.1) is 6.58 Å². The van der Waals surface area contributed by atoms with E-state index in [0.717, 1.165) is 32.5 Å². The number of hydrogen-bond donors (Lipinski definition) is 2. The van der Waals surface area contributed by atoms with Crippen molar-refractivity contribution >= 4 is 6.03 Å². The van der Waals surface area contributed by atoms with Gasteiger partial charge < -0.3 is 15.3 Å². The van der Waals surface area contributed by atoms with Crippen LogP contribution >= 0.6 is 0 Å². The summed E-state index contributed by atoms with van der Waals surface area (Å²) in [5, 5.41) is 12.3. The van der Waals surface area contributed by atoms with E-state index in [-0.39, 0.29) is 38.0 Å². The van der Waals surface area contributed by atoms with Crippen molar-refractivity contribution in [3.8, 4) is 0 Å². The Morgan fingerprint density at radius 3 is 2.29 bits per heavy atom. The van der Waals surface area contributed by atoms with E-state index in [1.54, 1.807) is 4.90 Å². The number of rotatable bonds is 4. The lowest BCUT2D eigenvalue weighted by atomic mass is 9.91. The van der Waals surface area contributed by atoms with Crippen LogP contribution in [0.25, 0.3) is 0 Å². The molecule has 0 aromatic heterocycles. The number of aliphatic hydroxyl groups excluding tert-OH is 1. The molecule has 0 bridgehead atoms. The van der Waals surface area contributed by atoms with Gasteiger partial charge >= 0.3 is 12.2 Å². The number of nitrogens with one attached hydrogen (secondary N) is 1. The summed E-state index contributed by atoms with van der Waals surface area (Å²) in [5.74, 6) is -0.823. The highest BCUT2D eigenvalue weighted by atomic mass is 19.4. The van der Waals surface area contributed by atoms with Crippen molar-refractivity contribution in [1.29, 1.82) is 0 Å². The number of aliphatic hydroxyl groups is 1. The summed E-state index contributed by atoms with van der Waals surface area (Å²) in [5.41, 5.74) is 0. The first-order chi connectivity index (χ1) is 11.3. The van der Waals surface area contributed by atoms with Gasteiger partial charge in [0.25, 0.3) is 0 Å². The van der Waals surface area contributed by atoms with E-state index < -0.39 is 18.2 Å². The summed E-state index contributed by atoms with van der Waals surface area (Å²) in [7, 11) is 0. The van der Waals surface area contributed by atoms with Crippen molar-refractivity contribution in [3.05, 3.63) is 12.7 Å². The van der Waals surface area contributed by atoms with Crippen LogP contribution in [0, 0.1) is 5.92 Å². The van der Waals surface area contributed by atoms with Crippen LogP contribution in [-0.4, -0.2) is 72.0 Å². The topological polar surface area (TPSA) is 55.8 Å². The Bertz CT molecular complexity index is 429. The van der Waals surface area contributed by atoms with Crippen LogP contribution in [0.15, 0.2) is 12.7 Å². The van der Waals surface area contributed by atoms with Crippen LogP contribution in [0.4, 0.5) is 18.0 Å². The van der Waals surface area contributed by atoms with Gasteiger partial charge in [-0.2, -0.15) is 13.2 Å². The smallest absolute Gasteiger partial charge is 0.383 e. The molecule has 2 aliphatic heterocycles. The first kappa shape index (κ1) is 19.1. The molecule has 0 aromatic rings. The molecule has 138 valence electrons. The quantitative estimate of drug-likeness (QED) is 0.763. The third-order valence-electron chi connectivity index (χ3n) is 4.91. The highest BCUT2D eigenvalue weighted by Gasteiger charge is 2.44. The lowest BCUT2D eigenvalue weighted by Crippen LogP contribution is -2.52. The van der Waals surface area contributed by atoms with Crippen LogP contribution in [0.5, 0.6) is 0 Å². The zero-order chi connectivity index (χ0) is 17.7. The fraction of sp³-hybridized carbons (Fsp3) is 0.812. The molecule has 5 nitrogen and oxygen atoms in total. The van der Waals surface area contributed by atoms with Crippen LogP contribution < -0.4 is 5.32 Å². The van der Waals surface area contributed by atoms with E-state index in [4.69, 9.17) is 0 Å². The van der Waals surface area contributed by atoms with Crippen LogP contribution in [0.3, 0.4) is 0 Å². The second-order valence-electron chi connectivity index (χ2n) is 6.62. The predicted molar refractivity (Wildman–Crippen MR) is 84.5 cm³/mol. The van der Waals surface area contributed by atoms with Gasteiger partial charge in [0.05, 0.1) is 0 Å². The summed E-state index contributed by atoms with van der Waals surface area (Å²) in [6.07, 6.45) is -2.95. The van der Waals surface area contributed by atoms with Crippen LogP contribution in [0.2, 0.25) is 0 Å². The van der Waals surface area contributed by atoms with Gasteiger partial charge in [-0.1, -0.05) is 6.08 Å². The van der Waals surface area contributed by atoms with Crippen LogP contribution in [0.1, 0.15) is 25.7 Å². The molecule has 2 heterocycles. The molecular weight excluding hydrogens is 323 g/mol. The van der Waals surface area contributed by atoms with Gasteiger partial charge in [0.1, 0.15) is 0 Å². The molecule has 8 heteroatoms. The number of urea groups is 1. The minimum absolute atomic E-state index is 0.108. The molecule has 0 aliphatic carbocycles. The van der Waals surface area contributed by atoms with Gasteiger partial charge in [-0.25, -0.2) is 4.79 Å². The van der Waals surface area contributed by atoms with Gasteiger partial charge in [-0.05, 0) is 31.6 Å². The molecule has 2 N–H and O–H groups in total. The zero-order valence-corrected chi connectivity index (χ0v) is 13.8. The van der Waals surface area contributed by atoms with Crippen molar-refractivity contribution in [2.75, 3.05) is 32.7 Å². The number of halogens is 3. The van der Waals surface area contributed by atoms with Gasteiger partial charge in [0.15, 0.2) is 6.10 Å². The monoisotopic (exact) mass is 349 g/mol. The SMILES string of the molecule is C=CCN1CCC(NC(=O)N2CCC(C(O)C(F)(F)F)CC2)CC1. The number of piperidine rings is 2. The summed E-state index contributed by atoms with van der Waals surface area (Å²) < 4.78 is 37.6. The van der Waals surface area contributed by atoms with E-state index in [1.165, 1.54) is 0 Å². The molecule has 2 amide bonds. The Kier molecular flexibility index (Phi) is 6.51. The van der Waals surface area contributed by atoms with E-state index in [9.17, 15) is 23.1 Å². The minimum Gasteiger partial charge on any atom is -0.383 e. The normalized spacial score (nSPS) is 23.1. The molecule has 2 saturated heterocycles. The van der Waals surface area contributed by atoms with Gasteiger partial charge in [-0.3, -0.25) is 4.90 Å². The van der Waals surface area contributed by atoms with E-state index >= 15 is 0 Å². The molecule has 1 atom stereocenters. The third-order valence-corrected chi connectivity index (χ3v) is 4.91. The van der Waals surface area contributed by atoms with Crippen molar-refractivity contribution < 1.29 is 23.1 Å². The summed E-state index contributed by atoms with van der Waals surface area (Å²) >= 11 is 0. The number of alkyl halides is 3. The molecule has 2 fully saturated rings. The molecule has 0 saturated carbocycles. The van der Waals surface area contributed by atoms with Crippen molar-refractivity contribution in [2.24, 2.45) is 5.92 Å². The average molecular weight is 349 g/mol. The molecule has 2 aliphatic rings. The Balaban J connectivity index is 1.72. The van der Waals surface area contributed by atoms with Crippen molar-refractivity contribution in [2.45, 2.75) is 44.0 Å². The standard InChI is InChI=1S/C16H26F3N3O2/c1-2-7-21-8-5-13(6-9-21)20-15(24)22-10-3-12(4-11-22)14(23)16(17,18)19/h2,12-14,23H,1,3-11H2,(H,20,24). The van der Waals surface area contributed by atoms with Crippen LogP contribution in [-0.2, 0) is 0 Å². The number of amides is 2. The maximum Gasteiger partial charge on any atom is 0.414 e.